The van der Waals surface area contributed by atoms with Gasteiger partial charge in [-0.3, -0.25) is 5.41 Å². The lowest BCUT2D eigenvalue weighted by atomic mass is 10.1. The third-order valence-electron chi connectivity index (χ3n) is 2.12. The van der Waals surface area contributed by atoms with Crippen LogP contribution in [-0.2, 0) is 6.54 Å². The number of nitrogens with two attached hydrogens (primary N) is 1. The normalized spacial score (nSPS) is 13.1. The Morgan fingerprint density at radius 3 is 2.93 bits per heavy atom. The third kappa shape index (κ3) is 3.47. The van der Waals surface area contributed by atoms with E-state index in [4.69, 9.17) is 11.1 Å². The highest BCUT2D eigenvalue weighted by molar-refractivity contribution is 7.09. The van der Waals surface area contributed by atoms with E-state index in [2.05, 4.69) is 29.5 Å². The molecule has 1 atom stereocenters. The molecular weight excluding hydrogens is 194 g/mol. The smallest absolute Gasteiger partial charge is 0.0947 e. The van der Waals surface area contributed by atoms with E-state index >= 15 is 0 Å². The molecule has 0 aromatic carbocycles. The first-order valence-electron chi connectivity index (χ1n) is 4.64. The van der Waals surface area contributed by atoms with Crippen molar-refractivity contribution < 1.29 is 0 Å². The van der Waals surface area contributed by atoms with E-state index in [-0.39, 0.29) is 11.8 Å². The molecule has 0 bridgehead atoms. The highest BCUT2D eigenvalue weighted by Gasteiger charge is 2.09. The van der Waals surface area contributed by atoms with E-state index < -0.39 is 0 Å². The molecule has 0 aliphatic rings. The van der Waals surface area contributed by atoms with Gasteiger partial charge in [0.2, 0.25) is 0 Å². The summed E-state index contributed by atoms with van der Waals surface area (Å²) in [6.07, 6.45) is 0. The van der Waals surface area contributed by atoms with Crippen molar-refractivity contribution in [1.29, 1.82) is 5.41 Å². The van der Waals surface area contributed by atoms with Gasteiger partial charge in [0.25, 0.3) is 0 Å². The summed E-state index contributed by atoms with van der Waals surface area (Å²) in [5.74, 6) is 0.406. The summed E-state index contributed by atoms with van der Waals surface area (Å²) in [5, 5.41) is 9.38. The van der Waals surface area contributed by atoms with Crippen LogP contribution < -0.4 is 5.73 Å². The van der Waals surface area contributed by atoms with Crippen molar-refractivity contribution in [3.63, 3.8) is 0 Å². The molecule has 1 aromatic rings. The van der Waals surface area contributed by atoms with E-state index in [0.717, 1.165) is 13.1 Å². The summed E-state index contributed by atoms with van der Waals surface area (Å²) in [7, 11) is 2.05. The summed E-state index contributed by atoms with van der Waals surface area (Å²) in [5.41, 5.74) is 5.42. The Morgan fingerprint density at radius 2 is 2.43 bits per heavy atom. The lowest BCUT2D eigenvalue weighted by Gasteiger charge is -2.19. The van der Waals surface area contributed by atoms with Crippen LogP contribution in [0.25, 0.3) is 0 Å². The Kier molecular flexibility index (Phi) is 4.10. The van der Waals surface area contributed by atoms with Crippen LogP contribution in [-0.4, -0.2) is 24.3 Å². The van der Waals surface area contributed by atoms with E-state index in [9.17, 15) is 0 Å². The number of amidine groups is 1. The lowest BCUT2D eigenvalue weighted by molar-refractivity contribution is 0.309. The summed E-state index contributed by atoms with van der Waals surface area (Å²) in [6.45, 7) is 3.76. The van der Waals surface area contributed by atoms with Crippen LogP contribution in [0.5, 0.6) is 0 Å². The number of hydrogen-bond donors (Lipinski definition) is 2. The summed E-state index contributed by atoms with van der Waals surface area (Å²) in [4.78, 5) is 3.54. The molecule has 3 nitrogen and oxygen atoms in total. The molecule has 1 aromatic heterocycles. The minimum Gasteiger partial charge on any atom is -0.387 e. The van der Waals surface area contributed by atoms with Crippen LogP contribution in [0.3, 0.4) is 0 Å². The fourth-order valence-corrected chi connectivity index (χ4v) is 2.08. The van der Waals surface area contributed by atoms with Crippen LogP contribution in [0.4, 0.5) is 0 Å². The third-order valence-corrected chi connectivity index (χ3v) is 2.98. The van der Waals surface area contributed by atoms with E-state index in [1.54, 1.807) is 11.3 Å². The molecule has 14 heavy (non-hydrogen) atoms. The monoisotopic (exact) mass is 211 g/mol. The second-order valence-corrected chi connectivity index (χ2v) is 4.66. The van der Waals surface area contributed by atoms with Gasteiger partial charge >= 0.3 is 0 Å². The van der Waals surface area contributed by atoms with Gasteiger partial charge in [-0.15, -0.1) is 11.3 Å². The molecule has 0 saturated carbocycles. The Labute approximate surface area is 89.0 Å². The Morgan fingerprint density at radius 1 is 1.71 bits per heavy atom. The number of nitrogens with one attached hydrogen (secondary N) is 1. The van der Waals surface area contributed by atoms with E-state index in [0.29, 0.717) is 0 Å². The zero-order valence-electron chi connectivity index (χ0n) is 8.66. The quantitative estimate of drug-likeness (QED) is 0.576. The first-order valence-corrected chi connectivity index (χ1v) is 5.52. The lowest BCUT2D eigenvalue weighted by Crippen LogP contribution is -2.31. The molecule has 1 heterocycles. The summed E-state index contributed by atoms with van der Waals surface area (Å²) >= 11 is 1.76. The van der Waals surface area contributed by atoms with Gasteiger partial charge in [-0.1, -0.05) is 13.0 Å². The zero-order chi connectivity index (χ0) is 10.6. The SMILES string of the molecule is CC(CN(C)Cc1cccs1)C(=N)N. The number of nitrogens with zero attached hydrogens (tertiary/aromatic N) is 1. The van der Waals surface area contributed by atoms with Crippen LogP contribution in [0, 0.1) is 11.3 Å². The molecule has 0 amide bonds. The second kappa shape index (κ2) is 5.12. The second-order valence-electron chi connectivity index (χ2n) is 3.63. The molecule has 0 radical (unpaired) electrons. The molecule has 0 saturated heterocycles. The first-order chi connectivity index (χ1) is 6.59. The van der Waals surface area contributed by atoms with Crippen molar-refractivity contribution in [2.24, 2.45) is 11.7 Å². The fraction of sp³-hybridized carbons (Fsp3) is 0.500. The molecule has 3 N–H and O–H groups in total. The highest BCUT2D eigenvalue weighted by Crippen LogP contribution is 2.11. The first kappa shape index (κ1) is 11.2. The average molecular weight is 211 g/mol. The van der Waals surface area contributed by atoms with Gasteiger partial charge in [-0.05, 0) is 18.5 Å². The predicted molar refractivity (Wildman–Crippen MR) is 61.7 cm³/mol. The maximum Gasteiger partial charge on any atom is 0.0947 e. The topological polar surface area (TPSA) is 53.1 Å². The number of hydrogen-bond acceptors (Lipinski definition) is 3. The fourth-order valence-electron chi connectivity index (χ4n) is 1.30. The molecule has 1 rings (SSSR count). The largest absolute Gasteiger partial charge is 0.387 e. The van der Waals surface area contributed by atoms with Crippen molar-refractivity contribution in [3.05, 3.63) is 22.4 Å². The molecule has 0 aliphatic heterocycles. The Hall–Kier alpha value is -0.870. The van der Waals surface area contributed by atoms with Crippen LogP contribution in [0.1, 0.15) is 11.8 Å². The summed E-state index contributed by atoms with van der Waals surface area (Å²) < 4.78 is 0. The maximum absolute atomic E-state index is 7.30. The molecule has 0 spiro atoms. The molecule has 78 valence electrons. The average Bonchev–Trinajstić information content (AvgIpc) is 2.56. The van der Waals surface area contributed by atoms with Crippen LogP contribution >= 0.6 is 11.3 Å². The maximum atomic E-state index is 7.30. The Balaban J connectivity index is 2.36. The van der Waals surface area contributed by atoms with Gasteiger partial charge in [-0.2, -0.15) is 0 Å². The van der Waals surface area contributed by atoms with Crippen molar-refractivity contribution >= 4 is 17.2 Å². The van der Waals surface area contributed by atoms with E-state index in [1.165, 1.54) is 4.88 Å². The molecule has 0 fully saturated rings. The van der Waals surface area contributed by atoms with Crippen molar-refractivity contribution in [1.82, 2.24) is 4.90 Å². The van der Waals surface area contributed by atoms with Crippen molar-refractivity contribution in [3.8, 4) is 0 Å². The molecule has 1 unspecified atom stereocenters. The molecule has 4 heteroatoms. The van der Waals surface area contributed by atoms with E-state index in [1.807, 2.05) is 6.92 Å². The van der Waals surface area contributed by atoms with Gasteiger partial charge in [0.1, 0.15) is 0 Å². The van der Waals surface area contributed by atoms with Crippen LogP contribution in [0.15, 0.2) is 17.5 Å². The van der Waals surface area contributed by atoms with Crippen molar-refractivity contribution in [2.75, 3.05) is 13.6 Å². The number of rotatable bonds is 5. The van der Waals surface area contributed by atoms with Gasteiger partial charge in [0.15, 0.2) is 0 Å². The van der Waals surface area contributed by atoms with Crippen molar-refractivity contribution in [2.45, 2.75) is 13.5 Å². The molecule has 0 aliphatic carbocycles. The minimum atomic E-state index is 0.139. The van der Waals surface area contributed by atoms with Gasteiger partial charge in [0.05, 0.1) is 5.84 Å². The van der Waals surface area contributed by atoms with Gasteiger partial charge in [0, 0.05) is 23.9 Å². The van der Waals surface area contributed by atoms with Gasteiger partial charge in [-0.25, -0.2) is 0 Å². The number of thiophene rings is 1. The minimum absolute atomic E-state index is 0.139. The van der Waals surface area contributed by atoms with Gasteiger partial charge < -0.3 is 10.6 Å². The zero-order valence-corrected chi connectivity index (χ0v) is 9.47. The standard InChI is InChI=1S/C10H17N3S/c1-8(10(11)12)6-13(2)7-9-4-3-5-14-9/h3-5,8H,6-7H2,1-2H3,(H3,11,12). The predicted octanol–water partition coefficient (Wildman–Crippen LogP) is 1.75. The van der Waals surface area contributed by atoms with Crippen LogP contribution in [0.2, 0.25) is 0 Å². The highest BCUT2D eigenvalue weighted by atomic mass is 32.1. The summed E-state index contributed by atoms with van der Waals surface area (Å²) in [6, 6.07) is 4.18. The Bertz CT molecular complexity index is 282. The molecular formula is C10H17N3S.